The normalized spacial score (nSPS) is 32.4. The van der Waals surface area contributed by atoms with Crippen molar-refractivity contribution in [1.82, 2.24) is 4.90 Å². The van der Waals surface area contributed by atoms with Gasteiger partial charge < -0.3 is 19.2 Å². The lowest BCUT2D eigenvalue weighted by atomic mass is 9.85. The van der Waals surface area contributed by atoms with Crippen molar-refractivity contribution in [2.45, 2.75) is 38.9 Å². The fourth-order valence-electron chi connectivity index (χ4n) is 2.39. The van der Waals surface area contributed by atoms with Crippen LogP contribution in [0.25, 0.3) is 0 Å². The molecule has 2 fully saturated rings. The molecule has 2 aliphatic heterocycles. The summed E-state index contributed by atoms with van der Waals surface area (Å²) in [4.78, 5) is 24.7. The number of carbonyl (C=O) groups is 2. The molecular formula is C12H19NO4. The summed E-state index contributed by atoms with van der Waals surface area (Å²) in [6.45, 7) is 6.95. The standard InChI is InChI=1S/C12H19NO4/c1-11(2,3)17-10(15)13-6-9-12(7-13,8-14)4-5-16-9/h8-9H,4-7H2,1-3H3/t9-,12+/m0/s1. The molecule has 0 radical (unpaired) electrons. The number of hydrogen-bond donors (Lipinski definition) is 0. The molecule has 2 rings (SSSR count). The molecule has 1 amide bonds. The van der Waals surface area contributed by atoms with Gasteiger partial charge in [-0.2, -0.15) is 0 Å². The van der Waals surface area contributed by atoms with Crippen LogP contribution >= 0.6 is 0 Å². The van der Waals surface area contributed by atoms with Gasteiger partial charge in [0, 0.05) is 13.2 Å². The van der Waals surface area contributed by atoms with E-state index >= 15 is 0 Å². The first-order valence-corrected chi connectivity index (χ1v) is 5.92. The third-order valence-electron chi connectivity index (χ3n) is 3.29. The number of aldehydes is 1. The van der Waals surface area contributed by atoms with Crippen LogP contribution in [-0.4, -0.2) is 48.7 Å². The van der Waals surface area contributed by atoms with E-state index in [9.17, 15) is 9.59 Å². The quantitative estimate of drug-likeness (QED) is 0.647. The van der Waals surface area contributed by atoms with Crippen molar-refractivity contribution in [2.75, 3.05) is 19.7 Å². The second-order valence-corrected chi connectivity index (χ2v) is 5.82. The third kappa shape index (κ3) is 2.29. The summed E-state index contributed by atoms with van der Waals surface area (Å²) in [6, 6.07) is 0. The molecule has 17 heavy (non-hydrogen) atoms. The van der Waals surface area contributed by atoms with E-state index in [-0.39, 0.29) is 12.2 Å². The van der Waals surface area contributed by atoms with E-state index in [1.165, 1.54) is 0 Å². The Morgan fingerprint density at radius 3 is 2.76 bits per heavy atom. The van der Waals surface area contributed by atoms with Crippen LogP contribution in [0.2, 0.25) is 0 Å². The lowest BCUT2D eigenvalue weighted by Gasteiger charge is -2.25. The fourth-order valence-corrected chi connectivity index (χ4v) is 2.39. The minimum atomic E-state index is -0.510. The smallest absolute Gasteiger partial charge is 0.410 e. The SMILES string of the molecule is CC(C)(C)OC(=O)N1C[C@@H]2OCC[C@]2(C=O)C1. The molecule has 5 nitrogen and oxygen atoms in total. The molecule has 2 saturated heterocycles. The average Bonchev–Trinajstić information content (AvgIpc) is 2.70. The predicted molar refractivity (Wildman–Crippen MR) is 60.7 cm³/mol. The van der Waals surface area contributed by atoms with Crippen LogP contribution in [0.5, 0.6) is 0 Å². The van der Waals surface area contributed by atoms with E-state index in [4.69, 9.17) is 9.47 Å². The van der Waals surface area contributed by atoms with Crippen molar-refractivity contribution in [3.63, 3.8) is 0 Å². The van der Waals surface area contributed by atoms with E-state index < -0.39 is 11.0 Å². The molecule has 0 aromatic carbocycles. The second-order valence-electron chi connectivity index (χ2n) is 5.82. The minimum Gasteiger partial charge on any atom is -0.444 e. The molecule has 0 N–H and O–H groups in total. The highest BCUT2D eigenvalue weighted by molar-refractivity contribution is 5.72. The Hall–Kier alpha value is -1.10. The zero-order chi connectivity index (χ0) is 12.7. The molecule has 2 atom stereocenters. The van der Waals surface area contributed by atoms with Gasteiger partial charge in [0.15, 0.2) is 0 Å². The van der Waals surface area contributed by atoms with Crippen LogP contribution < -0.4 is 0 Å². The summed E-state index contributed by atoms with van der Waals surface area (Å²) >= 11 is 0. The van der Waals surface area contributed by atoms with Crippen LogP contribution in [0.3, 0.4) is 0 Å². The molecule has 2 aliphatic rings. The average molecular weight is 241 g/mol. The Morgan fingerprint density at radius 2 is 2.24 bits per heavy atom. The van der Waals surface area contributed by atoms with Gasteiger partial charge in [0.05, 0.1) is 18.1 Å². The third-order valence-corrected chi connectivity index (χ3v) is 3.29. The molecule has 0 spiro atoms. The summed E-state index contributed by atoms with van der Waals surface area (Å²) in [6.07, 6.45) is 1.11. The summed E-state index contributed by atoms with van der Waals surface area (Å²) in [5.41, 5.74) is -1.01. The van der Waals surface area contributed by atoms with Gasteiger partial charge in [-0.1, -0.05) is 0 Å². The van der Waals surface area contributed by atoms with Crippen molar-refractivity contribution < 1.29 is 19.1 Å². The number of carbonyl (C=O) groups excluding carboxylic acids is 2. The van der Waals surface area contributed by atoms with Crippen molar-refractivity contribution >= 4 is 12.4 Å². The van der Waals surface area contributed by atoms with Gasteiger partial charge in [0.25, 0.3) is 0 Å². The summed E-state index contributed by atoms with van der Waals surface area (Å²) in [7, 11) is 0. The van der Waals surface area contributed by atoms with Crippen LogP contribution in [0.4, 0.5) is 4.79 Å². The number of nitrogens with zero attached hydrogens (tertiary/aromatic N) is 1. The highest BCUT2D eigenvalue weighted by Gasteiger charge is 2.52. The van der Waals surface area contributed by atoms with Gasteiger partial charge in [0.1, 0.15) is 11.9 Å². The zero-order valence-corrected chi connectivity index (χ0v) is 10.6. The van der Waals surface area contributed by atoms with E-state index in [1.807, 2.05) is 20.8 Å². The van der Waals surface area contributed by atoms with Gasteiger partial charge in [0.2, 0.25) is 0 Å². The Morgan fingerprint density at radius 1 is 1.53 bits per heavy atom. The molecule has 0 unspecified atom stereocenters. The van der Waals surface area contributed by atoms with Gasteiger partial charge >= 0.3 is 6.09 Å². The van der Waals surface area contributed by atoms with E-state index in [2.05, 4.69) is 0 Å². The monoisotopic (exact) mass is 241 g/mol. The van der Waals surface area contributed by atoms with Crippen LogP contribution in [-0.2, 0) is 14.3 Å². The number of hydrogen-bond acceptors (Lipinski definition) is 4. The molecular weight excluding hydrogens is 222 g/mol. The molecule has 5 heteroatoms. The highest BCUT2D eigenvalue weighted by Crippen LogP contribution is 2.39. The molecule has 0 saturated carbocycles. The van der Waals surface area contributed by atoms with Gasteiger partial charge in [-0.05, 0) is 27.2 Å². The maximum atomic E-state index is 11.9. The number of amides is 1. The number of likely N-dealkylation sites (tertiary alicyclic amines) is 1. The van der Waals surface area contributed by atoms with Crippen LogP contribution in [0, 0.1) is 5.41 Å². The molecule has 96 valence electrons. The molecule has 0 aromatic rings. The minimum absolute atomic E-state index is 0.160. The van der Waals surface area contributed by atoms with E-state index in [0.717, 1.165) is 6.29 Å². The Labute approximate surface area is 101 Å². The maximum Gasteiger partial charge on any atom is 0.410 e. The summed E-state index contributed by atoms with van der Waals surface area (Å²) < 4.78 is 10.8. The predicted octanol–water partition coefficient (Wildman–Crippen LogP) is 1.21. The van der Waals surface area contributed by atoms with Gasteiger partial charge in [-0.3, -0.25) is 0 Å². The first kappa shape index (κ1) is 12.4. The number of ether oxygens (including phenoxy) is 2. The van der Waals surface area contributed by atoms with Crippen LogP contribution in [0.1, 0.15) is 27.2 Å². The maximum absolute atomic E-state index is 11.9. The Kier molecular flexibility index (Phi) is 2.89. The second kappa shape index (κ2) is 3.98. The van der Waals surface area contributed by atoms with Crippen molar-refractivity contribution in [3.8, 4) is 0 Å². The topological polar surface area (TPSA) is 55.8 Å². The van der Waals surface area contributed by atoms with Crippen molar-refractivity contribution in [3.05, 3.63) is 0 Å². The highest BCUT2D eigenvalue weighted by atomic mass is 16.6. The molecule has 0 aliphatic carbocycles. The Bertz CT molecular complexity index is 336. The molecule has 2 heterocycles. The first-order chi connectivity index (χ1) is 7.86. The van der Waals surface area contributed by atoms with Gasteiger partial charge in [-0.15, -0.1) is 0 Å². The summed E-state index contributed by atoms with van der Waals surface area (Å²) in [5, 5.41) is 0. The van der Waals surface area contributed by atoms with Crippen LogP contribution in [0.15, 0.2) is 0 Å². The zero-order valence-electron chi connectivity index (χ0n) is 10.6. The van der Waals surface area contributed by atoms with Gasteiger partial charge in [-0.25, -0.2) is 4.79 Å². The molecule has 0 aromatic heterocycles. The largest absolute Gasteiger partial charge is 0.444 e. The molecule has 0 bridgehead atoms. The van der Waals surface area contributed by atoms with Crippen molar-refractivity contribution in [1.29, 1.82) is 0 Å². The Balaban J connectivity index is 2.03. The lowest BCUT2D eigenvalue weighted by Crippen LogP contribution is -2.37. The summed E-state index contributed by atoms with van der Waals surface area (Å²) in [5.74, 6) is 0. The lowest BCUT2D eigenvalue weighted by molar-refractivity contribution is -0.117. The fraction of sp³-hybridized carbons (Fsp3) is 0.833. The van der Waals surface area contributed by atoms with Crippen molar-refractivity contribution in [2.24, 2.45) is 5.41 Å². The van der Waals surface area contributed by atoms with E-state index in [0.29, 0.717) is 26.1 Å². The van der Waals surface area contributed by atoms with E-state index in [1.54, 1.807) is 4.90 Å². The first-order valence-electron chi connectivity index (χ1n) is 5.92. The number of fused-ring (bicyclic) bond motifs is 1. The number of rotatable bonds is 1.